The number of ether oxygens (including phenoxy) is 1. The summed E-state index contributed by atoms with van der Waals surface area (Å²) < 4.78 is 5.23. The standard InChI is InChI=1S/C16H20N2O2S/c1-12(15-9-6-10-21-15)18(2)11-16(19)17-13-7-4-5-8-14(13)20-3/h4-10,12H,11H2,1-3H3,(H,17,19). The van der Waals surface area contributed by atoms with E-state index < -0.39 is 0 Å². The number of rotatable bonds is 6. The van der Waals surface area contributed by atoms with Crippen molar-refractivity contribution in [1.29, 1.82) is 0 Å². The van der Waals surface area contributed by atoms with Gasteiger partial charge in [-0.2, -0.15) is 0 Å². The molecule has 0 aliphatic carbocycles. The van der Waals surface area contributed by atoms with Gasteiger partial charge in [0.1, 0.15) is 5.75 Å². The van der Waals surface area contributed by atoms with Crippen LogP contribution >= 0.6 is 11.3 Å². The molecule has 2 aromatic rings. The summed E-state index contributed by atoms with van der Waals surface area (Å²) in [5.41, 5.74) is 0.696. The molecule has 21 heavy (non-hydrogen) atoms. The molecule has 0 bridgehead atoms. The minimum atomic E-state index is -0.0505. The fourth-order valence-corrected chi connectivity index (χ4v) is 2.90. The highest BCUT2D eigenvalue weighted by atomic mass is 32.1. The summed E-state index contributed by atoms with van der Waals surface area (Å²) in [4.78, 5) is 15.4. The lowest BCUT2D eigenvalue weighted by Crippen LogP contribution is -2.32. The maximum absolute atomic E-state index is 12.2. The Labute approximate surface area is 129 Å². The molecule has 0 fully saturated rings. The van der Waals surface area contributed by atoms with Crippen molar-refractivity contribution < 1.29 is 9.53 Å². The van der Waals surface area contributed by atoms with E-state index in [1.54, 1.807) is 18.4 Å². The lowest BCUT2D eigenvalue weighted by molar-refractivity contribution is -0.117. The molecule has 1 aromatic heterocycles. The number of nitrogens with zero attached hydrogens (tertiary/aromatic N) is 1. The predicted octanol–water partition coefficient (Wildman–Crippen LogP) is 3.39. The van der Waals surface area contributed by atoms with Crippen molar-refractivity contribution in [2.45, 2.75) is 13.0 Å². The van der Waals surface area contributed by atoms with Crippen molar-refractivity contribution >= 4 is 22.9 Å². The topological polar surface area (TPSA) is 41.6 Å². The maximum atomic E-state index is 12.2. The first-order valence-electron chi connectivity index (χ1n) is 6.78. The molecule has 5 heteroatoms. The second-order valence-corrected chi connectivity index (χ2v) is 5.83. The number of nitrogens with one attached hydrogen (secondary N) is 1. The first-order chi connectivity index (χ1) is 10.1. The van der Waals surface area contributed by atoms with Crippen molar-refractivity contribution in [3.8, 4) is 5.75 Å². The molecule has 1 atom stereocenters. The number of anilines is 1. The van der Waals surface area contributed by atoms with Gasteiger partial charge in [-0.3, -0.25) is 9.69 Å². The highest BCUT2D eigenvalue weighted by molar-refractivity contribution is 7.10. The zero-order valence-electron chi connectivity index (χ0n) is 12.5. The zero-order valence-corrected chi connectivity index (χ0v) is 13.3. The Morgan fingerprint density at radius 2 is 2.10 bits per heavy atom. The monoisotopic (exact) mass is 304 g/mol. The molecule has 0 spiro atoms. The van der Waals surface area contributed by atoms with Gasteiger partial charge in [-0.25, -0.2) is 0 Å². The van der Waals surface area contributed by atoms with E-state index in [1.165, 1.54) is 4.88 Å². The molecular weight excluding hydrogens is 284 g/mol. The van der Waals surface area contributed by atoms with Crippen LogP contribution in [-0.4, -0.2) is 31.5 Å². The number of amides is 1. The number of para-hydroxylation sites is 2. The van der Waals surface area contributed by atoms with E-state index in [-0.39, 0.29) is 11.9 Å². The van der Waals surface area contributed by atoms with Crippen LogP contribution in [0.15, 0.2) is 41.8 Å². The van der Waals surface area contributed by atoms with Crippen LogP contribution in [0.1, 0.15) is 17.8 Å². The molecule has 0 saturated carbocycles. The maximum Gasteiger partial charge on any atom is 0.238 e. The largest absolute Gasteiger partial charge is 0.495 e. The molecular formula is C16H20N2O2S. The van der Waals surface area contributed by atoms with Gasteiger partial charge in [-0.1, -0.05) is 18.2 Å². The Hall–Kier alpha value is -1.85. The van der Waals surface area contributed by atoms with Crippen molar-refractivity contribution in [2.24, 2.45) is 0 Å². The van der Waals surface area contributed by atoms with Crippen LogP contribution < -0.4 is 10.1 Å². The first-order valence-corrected chi connectivity index (χ1v) is 7.66. The van der Waals surface area contributed by atoms with Gasteiger partial charge in [0.2, 0.25) is 5.91 Å². The minimum Gasteiger partial charge on any atom is -0.495 e. The highest BCUT2D eigenvalue weighted by Gasteiger charge is 2.16. The van der Waals surface area contributed by atoms with E-state index in [0.29, 0.717) is 18.0 Å². The number of carbonyl (C=O) groups is 1. The minimum absolute atomic E-state index is 0.0505. The number of carbonyl (C=O) groups excluding carboxylic acids is 1. The molecule has 1 aromatic carbocycles. The van der Waals surface area contributed by atoms with Crippen LogP contribution in [0.2, 0.25) is 0 Å². The Bertz CT molecular complexity index is 584. The Morgan fingerprint density at radius 1 is 1.33 bits per heavy atom. The van der Waals surface area contributed by atoms with Crippen LogP contribution in [0.4, 0.5) is 5.69 Å². The lowest BCUT2D eigenvalue weighted by Gasteiger charge is -2.23. The zero-order chi connectivity index (χ0) is 15.2. The molecule has 0 aliphatic rings. The van der Waals surface area contributed by atoms with Crippen LogP contribution in [0.5, 0.6) is 5.75 Å². The molecule has 2 rings (SSSR count). The van der Waals surface area contributed by atoms with Gasteiger partial charge < -0.3 is 10.1 Å². The average Bonchev–Trinajstić information content (AvgIpc) is 3.01. The number of methoxy groups -OCH3 is 1. The third-order valence-corrected chi connectivity index (χ3v) is 4.43. The Kier molecular flexibility index (Phi) is 5.36. The van der Waals surface area contributed by atoms with E-state index in [9.17, 15) is 4.79 Å². The number of benzene rings is 1. The summed E-state index contributed by atoms with van der Waals surface area (Å²) in [6.07, 6.45) is 0. The summed E-state index contributed by atoms with van der Waals surface area (Å²) in [6, 6.07) is 11.7. The van der Waals surface area contributed by atoms with E-state index >= 15 is 0 Å². The van der Waals surface area contributed by atoms with Gasteiger partial charge in [-0.15, -0.1) is 11.3 Å². The molecule has 0 aliphatic heterocycles. The van der Waals surface area contributed by atoms with E-state index in [0.717, 1.165) is 0 Å². The number of likely N-dealkylation sites (N-methyl/N-ethyl adjacent to an activating group) is 1. The fourth-order valence-electron chi connectivity index (χ4n) is 2.05. The van der Waals surface area contributed by atoms with E-state index in [4.69, 9.17) is 4.74 Å². The van der Waals surface area contributed by atoms with Gasteiger partial charge >= 0.3 is 0 Å². The van der Waals surface area contributed by atoms with Crippen molar-refractivity contribution in [2.75, 3.05) is 26.0 Å². The summed E-state index contributed by atoms with van der Waals surface area (Å²) in [6.45, 7) is 2.43. The summed E-state index contributed by atoms with van der Waals surface area (Å²) in [5.74, 6) is 0.616. The van der Waals surface area contributed by atoms with Crippen molar-refractivity contribution in [3.63, 3.8) is 0 Å². The molecule has 112 valence electrons. The first kappa shape index (κ1) is 15.5. The second kappa shape index (κ2) is 7.24. The molecule has 1 heterocycles. The van der Waals surface area contributed by atoms with Gasteiger partial charge in [0.05, 0.1) is 19.3 Å². The molecule has 1 unspecified atom stereocenters. The van der Waals surface area contributed by atoms with Crippen LogP contribution in [-0.2, 0) is 4.79 Å². The predicted molar refractivity (Wildman–Crippen MR) is 87.0 cm³/mol. The normalized spacial score (nSPS) is 12.2. The van der Waals surface area contributed by atoms with Crippen molar-refractivity contribution in [1.82, 2.24) is 4.90 Å². The van der Waals surface area contributed by atoms with Crippen molar-refractivity contribution in [3.05, 3.63) is 46.7 Å². The molecule has 0 saturated heterocycles. The molecule has 1 amide bonds. The number of hydrogen-bond donors (Lipinski definition) is 1. The Balaban J connectivity index is 1.95. The smallest absolute Gasteiger partial charge is 0.238 e. The van der Waals surface area contributed by atoms with E-state index in [1.807, 2.05) is 42.3 Å². The van der Waals surface area contributed by atoms with Gasteiger partial charge in [0, 0.05) is 10.9 Å². The van der Waals surface area contributed by atoms with Crippen LogP contribution in [0.3, 0.4) is 0 Å². The average molecular weight is 304 g/mol. The van der Waals surface area contributed by atoms with Gasteiger partial charge in [0.25, 0.3) is 0 Å². The van der Waals surface area contributed by atoms with Gasteiger partial charge in [-0.05, 0) is 37.6 Å². The third kappa shape index (κ3) is 4.06. The highest BCUT2D eigenvalue weighted by Crippen LogP contribution is 2.25. The van der Waals surface area contributed by atoms with E-state index in [2.05, 4.69) is 23.7 Å². The number of hydrogen-bond acceptors (Lipinski definition) is 4. The second-order valence-electron chi connectivity index (χ2n) is 4.85. The van der Waals surface area contributed by atoms with Crippen LogP contribution in [0, 0.1) is 0 Å². The van der Waals surface area contributed by atoms with Gasteiger partial charge in [0.15, 0.2) is 0 Å². The molecule has 0 radical (unpaired) electrons. The quantitative estimate of drug-likeness (QED) is 0.889. The molecule has 1 N–H and O–H groups in total. The lowest BCUT2D eigenvalue weighted by atomic mass is 10.2. The SMILES string of the molecule is COc1ccccc1NC(=O)CN(C)C(C)c1cccs1. The Morgan fingerprint density at radius 3 is 2.76 bits per heavy atom. The summed E-state index contributed by atoms with van der Waals surface area (Å²) in [5, 5.41) is 4.94. The fraction of sp³-hybridized carbons (Fsp3) is 0.312. The number of thiophene rings is 1. The summed E-state index contributed by atoms with van der Waals surface area (Å²) >= 11 is 1.70. The molecule has 4 nitrogen and oxygen atoms in total. The summed E-state index contributed by atoms with van der Waals surface area (Å²) in [7, 11) is 3.54. The third-order valence-electron chi connectivity index (χ3n) is 3.39. The van der Waals surface area contributed by atoms with Crippen LogP contribution in [0.25, 0.3) is 0 Å².